The highest BCUT2D eigenvalue weighted by atomic mass is 32.1. The van der Waals surface area contributed by atoms with Crippen molar-refractivity contribution in [1.29, 1.82) is 0 Å². The monoisotopic (exact) mass is 219 g/mol. The van der Waals surface area contributed by atoms with Gasteiger partial charge in [0.2, 0.25) is 11.1 Å². The van der Waals surface area contributed by atoms with Crippen molar-refractivity contribution in [3.63, 3.8) is 0 Å². The van der Waals surface area contributed by atoms with Crippen LogP contribution in [0.25, 0.3) is 0 Å². The van der Waals surface area contributed by atoms with Gasteiger partial charge < -0.3 is 5.32 Å². The lowest BCUT2D eigenvalue weighted by Gasteiger charge is -2.10. The largest absolute Gasteiger partial charge is 0.357 e. The normalized spacial score (nSPS) is 25.2. The molecule has 1 aromatic rings. The molecule has 1 aromatic heterocycles. The smallest absolute Gasteiger partial charge is 0.250 e. The molecule has 1 heterocycles. The Bertz CT molecular complexity index is 326. The average molecular weight is 219 g/mol. The number of aromatic nitrogens is 2. The minimum atomic E-state index is -2.50. The van der Waals surface area contributed by atoms with E-state index in [0.29, 0.717) is 11.6 Å². The Labute approximate surface area is 84.5 Å². The van der Waals surface area contributed by atoms with Gasteiger partial charge in [-0.05, 0) is 13.3 Å². The summed E-state index contributed by atoms with van der Waals surface area (Å²) in [6, 6.07) is -0.155. The van der Waals surface area contributed by atoms with E-state index in [0.717, 1.165) is 5.01 Å². The van der Waals surface area contributed by atoms with E-state index in [1.807, 2.05) is 6.92 Å². The van der Waals surface area contributed by atoms with E-state index in [1.54, 1.807) is 0 Å². The molecule has 0 saturated heterocycles. The molecule has 3 nitrogen and oxygen atoms in total. The van der Waals surface area contributed by atoms with E-state index < -0.39 is 5.92 Å². The molecule has 14 heavy (non-hydrogen) atoms. The van der Waals surface area contributed by atoms with Gasteiger partial charge in [0.15, 0.2) is 0 Å². The first-order valence-electron chi connectivity index (χ1n) is 4.50. The van der Waals surface area contributed by atoms with E-state index >= 15 is 0 Å². The van der Waals surface area contributed by atoms with Crippen molar-refractivity contribution in [2.45, 2.75) is 38.2 Å². The Hall–Kier alpha value is -0.780. The molecule has 0 aliphatic heterocycles. The molecule has 1 fully saturated rings. The van der Waals surface area contributed by atoms with E-state index in [4.69, 9.17) is 0 Å². The second kappa shape index (κ2) is 3.42. The summed E-state index contributed by atoms with van der Waals surface area (Å²) in [5, 5.41) is 12.1. The predicted octanol–water partition coefficient (Wildman–Crippen LogP) is 2.45. The molecule has 1 aliphatic carbocycles. The second-order valence-corrected chi connectivity index (χ2v) is 4.75. The van der Waals surface area contributed by atoms with Crippen molar-refractivity contribution in [2.24, 2.45) is 0 Å². The van der Waals surface area contributed by atoms with Gasteiger partial charge in [-0.1, -0.05) is 11.3 Å². The number of halogens is 2. The molecule has 6 heteroatoms. The van der Waals surface area contributed by atoms with Gasteiger partial charge in [-0.2, -0.15) is 0 Å². The maximum absolute atomic E-state index is 12.8. The highest BCUT2D eigenvalue weighted by Gasteiger charge is 2.39. The Morgan fingerprint density at radius 2 is 2.29 bits per heavy atom. The van der Waals surface area contributed by atoms with Gasteiger partial charge in [-0.15, -0.1) is 10.2 Å². The summed E-state index contributed by atoms with van der Waals surface area (Å²) in [4.78, 5) is 0. The van der Waals surface area contributed by atoms with Crippen LogP contribution in [0.1, 0.15) is 24.3 Å². The van der Waals surface area contributed by atoms with E-state index in [1.165, 1.54) is 11.3 Å². The Morgan fingerprint density at radius 3 is 2.79 bits per heavy atom. The summed E-state index contributed by atoms with van der Waals surface area (Å²) < 4.78 is 25.7. The van der Waals surface area contributed by atoms with Crippen molar-refractivity contribution in [3.05, 3.63) is 5.01 Å². The third-order valence-electron chi connectivity index (χ3n) is 2.26. The van der Waals surface area contributed by atoms with Crippen molar-refractivity contribution in [1.82, 2.24) is 10.2 Å². The quantitative estimate of drug-likeness (QED) is 0.830. The van der Waals surface area contributed by atoms with Gasteiger partial charge in [0, 0.05) is 18.9 Å². The van der Waals surface area contributed by atoms with Gasteiger partial charge in [0.05, 0.1) is 0 Å². The number of anilines is 1. The standard InChI is InChI=1S/C8H11F2N3S/c1-5-12-13-7(14-5)11-6-2-3-8(9,10)4-6/h6H,2-4H2,1H3,(H,11,13). The Kier molecular flexibility index (Phi) is 2.38. The summed E-state index contributed by atoms with van der Waals surface area (Å²) in [5.74, 6) is -2.50. The fourth-order valence-corrected chi connectivity index (χ4v) is 2.27. The summed E-state index contributed by atoms with van der Waals surface area (Å²) in [7, 11) is 0. The molecule has 0 radical (unpaired) electrons. The van der Waals surface area contributed by atoms with E-state index in [2.05, 4.69) is 15.5 Å². The number of hydrogen-bond acceptors (Lipinski definition) is 4. The summed E-state index contributed by atoms with van der Waals surface area (Å²) >= 11 is 1.40. The van der Waals surface area contributed by atoms with Crippen molar-refractivity contribution >= 4 is 16.5 Å². The summed E-state index contributed by atoms with van der Waals surface area (Å²) in [6.07, 6.45) is 0.389. The maximum atomic E-state index is 12.8. The lowest BCUT2D eigenvalue weighted by molar-refractivity contribution is 0.00852. The maximum Gasteiger partial charge on any atom is 0.250 e. The van der Waals surface area contributed by atoms with Crippen molar-refractivity contribution in [2.75, 3.05) is 5.32 Å². The highest BCUT2D eigenvalue weighted by Crippen LogP contribution is 2.36. The SMILES string of the molecule is Cc1nnc(NC2CCC(F)(F)C2)s1. The number of hydrogen-bond donors (Lipinski definition) is 1. The molecule has 1 N–H and O–H groups in total. The molecule has 2 rings (SSSR count). The Morgan fingerprint density at radius 1 is 1.50 bits per heavy atom. The van der Waals surface area contributed by atoms with Crippen LogP contribution in [0.5, 0.6) is 0 Å². The van der Waals surface area contributed by atoms with E-state index in [-0.39, 0.29) is 18.9 Å². The van der Waals surface area contributed by atoms with E-state index in [9.17, 15) is 8.78 Å². The minimum absolute atomic E-state index is 0.0253. The van der Waals surface area contributed by atoms with Crippen LogP contribution in [0, 0.1) is 6.92 Å². The van der Waals surface area contributed by atoms with Crippen LogP contribution < -0.4 is 5.32 Å². The molecule has 0 amide bonds. The lowest BCUT2D eigenvalue weighted by Crippen LogP contribution is -2.18. The zero-order valence-electron chi connectivity index (χ0n) is 7.76. The molecule has 0 aromatic carbocycles. The van der Waals surface area contributed by atoms with Crippen molar-refractivity contribution < 1.29 is 8.78 Å². The van der Waals surface area contributed by atoms with Crippen LogP contribution in [0.4, 0.5) is 13.9 Å². The van der Waals surface area contributed by atoms with Crippen LogP contribution in [0.3, 0.4) is 0 Å². The highest BCUT2D eigenvalue weighted by molar-refractivity contribution is 7.15. The molecule has 78 valence electrons. The number of rotatable bonds is 2. The average Bonchev–Trinajstić information content (AvgIpc) is 2.59. The van der Waals surface area contributed by atoms with Gasteiger partial charge in [-0.3, -0.25) is 0 Å². The van der Waals surface area contributed by atoms with Gasteiger partial charge in [-0.25, -0.2) is 8.78 Å². The Balaban J connectivity index is 1.94. The summed E-state index contributed by atoms with van der Waals surface area (Å²) in [5.41, 5.74) is 0. The van der Waals surface area contributed by atoms with Crippen LogP contribution in [-0.2, 0) is 0 Å². The molecular formula is C8H11F2N3S. The first-order chi connectivity index (χ1) is 6.55. The topological polar surface area (TPSA) is 37.8 Å². The fraction of sp³-hybridized carbons (Fsp3) is 0.750. The number of alkyl halides is 2. The first-order valence-corrected chi connectivity index (χ1v) is 5.31. The lowest BCUT2D eigenvalue weighted by atomic mass is 10.2. The van der Waals surface area contributed by atoms with Gasteiger partial charge >= 0.3 is 0 Å². The molecule has 1 atom stereocenters. The predicted molar refractivity (Wildman–Crippen MR) is 50.9 cm³/mol. The zero-order valence-corrected chi connectivity index (χ0v) is 8.57. The van der Waals surface area contributed by atoms with Gasteiger partial charge in [0.1, 0.15) is 5.01 Å². The van der Waals surface area contributed by atoms with Crippen LogP contribution in [-0.4, -0.2) is 22.2 Å². The van der Waals surface area contributed by atoms with Crippen LogP contribution >= 0.6 is 11.3 Å². The molecular weight excluding hydrogens is 208 g/mol. The van der Waals surface area contributed by atoms with Crippen LogP contribution in [0.15, 0.2) is 0 Å². The number of nitrogens with one attached hydrogen (secondary N) is 1. The molecule has 1 aliphatic rings. The molecule has 1 saturated carbocycles. The number of nitrogens with zero attached hydrogens (tertiary/aromatic N) is 2. The second-order valence-electron chi connectivity index (χ2n) is 3.57. The third-order valence-corrected chi connectivity index (χ3v) is 3.03. The van der Waals surface area contributed by atoms with Gasteiger partial charge in [0.25, 0.3) is 0 Å². The number of aryl methyl sites for hydroxylation is 1. The zero-order chi connectivity index (χ0) is 10.2. The summed E-state index contributed by atoms with van der Waals surface area (Å²) in [6.45, 7) is 1.84. The molecule has 0 bridgehead atoms. The third kappa shape index (κ3) is 2.17. The molecule has 1 unspecified atom stereocenters. The van der Waals surface area contributed by atoms with Crippen LogP contribution in [0.2, 0.25) is 0 Å². The van der Waals surface area contributed by atoms with Crippen molar-refractivity contribution in [3.8, 4) is 0 Å². The minimum Gasteiger partial charge on any atom is -0.357 e. The first kappa shape index (κ1) is 9.76. The molecule has 0 spiro atoms. The fourth-order valence-electron chi connectivity index (χ4n) is 1.60.